The summed E-state index contributed by atoms with van der Waals surface area (Å²) in [4.78, 5) is 15.2. The van der Waals surface area contributed by atoms with Gasteiger partial charge in [0.05, 0.1) is 16.3 Å². The summed E-state index contributed by atoms with van der Waals surface area (Å²) >= 11 is 0. The number of sulfonamides is 1. The van der Waals surface area contributed by atoms with Crippen molar-refractivity contribution in [3.05, 3.63) is 54.1 Å². The van der Waals surface area contributed by atoms with E-state index < -0.39 is 10.0 Å². The Bertz CT molecular complexity index is 947. The molecule has 148 valence electrons. The highest BCUT2D eigenvalue weighted by molar-refractivity contribution is 7.89. The first-order chi connectivity index (χ1) is 13.5. The van der Waals surface area contributed by atoms with Gasteiger partial charge in [0.15, 0.2) is 0 Å². The average Bonchev–Trinajstić information content (AvgIpc) is 3.52. The number of piperidine rings is 1. The lowest BCUT2D eigenvalue weighted by Gasteiger charge is -2.30. The highest BCUT2D eigenvalue weighted by atomic mass is 32.2. The fourth-order valence-corrected chi connectivity index (χ4v) is 4.76. The van der Waals surface area contributed by atoms with Crippen LogP contribution in [0.4, 0.5) is 11.4 Å². The molecule has 0 unspecified atom stereocenters. The monoisotopic (exact) mass is 399 g/mol. The highest BCUT2D eigenvalue weighted by Crippen LogP contribution is 2.29. The van der Waals surface area contributed by atoms with Crippen LogP contribution in [0.3, 0.4) is 0 Å². The molecule has 4 rings (SSSR count). The molecule has 0 bridgehead atoms. The van der Waals surface area contributed by atoms with Crippen LogP contribution in [-0.2, 0) is 10.0 Å². The van der Waals surface area contributed by atoms with Crippen molar-refractivity contribution < 1.29 is 13.2 Å². The number of amides is 1. The van der Waals surface area contributed by atoms with Crippen LogP contribution >= 0.6 is 0 Å². The van der Waals surface area contributed by atoms with Gasteiger partial charge >= 0.3 is 0 Å². The molecule has 6 nitrogen and oxygen atoms in total. The predicted octanol–water partition coefficient (Wildman–Crippen LogP) is 3.37. The summed E-state index contributed by atoms with van der Waals surface area (Å²) in [6.45, 7) is 1.99. The van der Waals surface area contributed by atoms with Crippen molar-refractivity contribution in [1.82, 2.24) is 4.72 Å². The number of para-hydroxylation sites is 2. The molecule has 2 fully saturated rings. The fraction of sp³-hybridized carbons (Fsp3) is 0.381. The summed E-state index contributed by atoms with van der Waals surface area (Å²) in [7, 11) is -3.51. The SMILES string of the molecule is O=C(Nc1ccccc1N1CCCCC1)c1ccc(S(=O)(=O)NC2CC2)cc1. The van der Waals surface area contributed by atoms with E-state index in [2.05, 4.69) is 14.9 Å². The van der Waals surface area contributed by atoms with Crippen LogP contribution in [0.5, 0.6) is 0 Å². The molecule has 1 aliphatic heterocycles. The second-order valence-electron chi connectivity index (χ2n) is 7.44. The van der Waals surface area contributed by atoms with Crippen molar-refractivity contribution >= 4 is 27.3 Å². The van der Waals surface area contributed by atoms with Crippen molar-refractivity contribution in [1.29, 1.82) is 0 Å². The molecule has 1 heterocycles. The Balaban J connectivity index is 1.48. The molecule has 1 amide bonds. The molecule has 1 saturated carbocycles. The average molecular weight is 400 g/mol. The summed E-state index contributed by atoms with van der Waals surface area (Å²) in [5.41, 5.74) is 2.24. The first-order valence-corrected chi connectivity index (χ1v) is 11.3. The van der Waals surface area contributed by atoms with E-state index in [0.29, 0.717) is 5.56 Å². The predicted molar refractivity (Wildman–Crippen MR) is 110 cm³/mol. The third kappa shape index (κ3) is 4.36. The van der Waals surface area contributed by atoms with Gasteiger partial charge in [0, 0.05) is 24.7 Å². The summed E-state index contributed by atoms with van der Waals surface area (Å²) in [5, 5.41) is 2.98. The van der Waals surface area contributed by atoms with Gasteiger partial charge in [-0.3, -0.25) is 4.79 Å². The third-order valence-corrected chi connectivity index (χ3v) is 6.71. The van der Waals surface area contributed by atoms with Gasteiger partial charge in [-0.2, -0.15) is 0 Å². The molecular weight excluding hydrogens is 374 g/mol. The van der Waals surface area contributed by atoms with Crippen molar-refractivity contribution in [2.45, 2.75) is 43.0 Å². The molecule has 1 saturated heterocycles. The Hall–Kier alpha value is -2.38. The molecule has 2 aromatic rings. The van der Waals surface area contributed by atoms with Crippen LogP contribution < -0.4 is 14.9 Å². The Morgan fingerprint density at radius 1 is 0.929 bits per heavy atom. The first kappa shape index (κ1) is 19.0. The zero-order chi connectivity index (χ0) is 19.6. The summed E-state index contributed by atoms with van der Waals surface area (Å²) in [6.07, 6.45) is 5.34. The number of hydrogen-bond acceptors (Lipinski definition) is 4. The van der Waals surface area contributed by atoms with Crippen LogP contribution in [0.2, 0.25) is 0 Å². The molecule has 2 N–H and O–H groups in total. The van der Waals surface area contributed by atoms with E-state index in [1.54, 1.807) is 12.1 Å². The lowest BCUT2D eigenvalue weighted by molar-refractivity contribution is 0.102. The number of nitrogens with one attached hydrogen (secondary N) is 2. The summed E-state index contributed by atoms with van der Waals surface area (Å²) in [6, 6.07) is 13.9. The topological polar surface area (TPSA) is 78.5 Å². The maximum atomic E-state index is 12.7. The maximum Gasteiger partial charge on any atom is 0.255 e. The van der Waals surface area contributed by atoms with Crippen LogP contribution in [0, 0.1) is 0 Å². The quantitative estimate of drug-likeness (QED) is 0.781. The molecule has 1 aliphatic carbocycles. The van der Waals surface area contributed by atoms with E-state index >= 15 is 0 Å². The fourth-order valence-electron chi connectivity index (χ4n) is 3.46. The molecule has 0 spiro atoms. The normalized spacial score (nSPS) is 17.4. The molecular formula is C21H25N3O3S. The van der Waals surface area contributed by atoms with Crippen LogP contribution in [-0.4, -0.2) is 33.5 Å². The van der Waals surface area contributed by atoms with E-state index in [9.17, 15) is 13.2 Å². The van der Waals surface area contributed by atoms with Gasteiger partial charge in [-0.15, -0.1) is 0 Å². The highest BCUT2D eigenvalue weighted by Gasteiger charge is 2.28. The maximum absolute atomic E-state index is 12.7. The molecule has 7 heteroatoms. The molecule has 0 aromatic heterocycles. The number of anilines is 2. The Kier molecular flexibility index (Phi) is 5.37. The smallest absolute Gasteiger partial charge is 0.255 e. The van der Waals surface area contributed by atoms with E-state index in [1.165, 1.54) is 18.6 Å². The molecule has 28 heavy (non-hydrogen) atoms. The third-order valence-electron chi connectivity index (χ3n) is 5.17. The molecule has 2 aliphatic rings. The number of hydrogen-bond donors (Lipinski definition) is 2. The van der Waals surface area contributed by atoms with Gasteiger partial charge in [0.2, 0.25) is 10.0 Å². The van der Waals surface area contributed by atoms with Gasteiger partial charge in [0.25, 0.3) is 5.91 Å². The molecule has 2 aromatic carbocycles. The van der Waals surface area contributed by atoms with Crippen molar-refractivity contribution in [2.24, 2.45) is 0 Å². The van der Waals surface area contributed by atoms with Gasteiger partial charge in [-0.05, 0) is 68.5 Å². The van der Waals surface area contributed by atoms with E-state index in [0.717, 1.165) is 50.1 Å². The van der Waals surface area contributed by atoms with E-state index in [-0.39, 0.29) is 16.8 Å². The zero-order valence-electron chi connectivity index (χ0n) is 15.7. The van der Waals surface area contributed by atoms with Crippen LogP contribution in [0.15, 0.2) is 53.4 Å². The van der Waals surface area contributed by atoms with Crippen LogP contribution in [0.1, 0.15) is 42.5 Å². The second kappa shape index (κ2) is 7.93. The minimum absolute atomic E-state index is 0.0549. The van der Waals surface area contributed by atoms with Crippen LogP contribution in [0.25, 0.3) is 0 Å². The minimum atomic E-state index is -3.51. The number of rotatable bonds is 6. The summed E-state index contributed by atoms with van der Waals surface area (Å²) in [5.74, 6) is -0.247. The Morgan fingerprint density at radius 2 is 1.61 bits per heavy atom. The standard InChI is InChI=1S/C21H25N3O3S/c25-21(16-8-12-18(13-9-16)28(26,27)23-17-10-11-17)22-19-6-2-3-7-20(19)24-14-4-1-5-15-24/h2-3,6-9,12-13,17,23H,1,4-5,10-11,14-15H2,(H,22,25). The zero-order valence-corrected chi connectivity index (χ0v) is 16.5. The summed E-state index contributed by atoms with van der Waals surface area (Å²) < 4.78 is 27.2. The minimum Gasteiger partial charge on any atom is -0.370 e. The van der Waals surface area contributed by atoms with Crippen molar-refractivity contribution in [3.63, 3.8) is 0 Å². The van der Waals surface area contributed by atoms with E-state index in [1.807, 2.05) is 24.3 Å². The Morgan fingerprint density at radius 3 is 2.29 bits per heavy atom. The van der Waals surface area contributed by atoms with Gasteiger partial charge in [-0.25, -0.2) is 13.1 Å². The van der Waals surface area contributed by atoms with Gasteiger partial charge in [0.1, 0.15) is 0 Å². The number of benzene rings is 2. The second-order valence-corrected chi connectivity index (χ2v) is 9.15. The number of carbonyl (C=O) groups excluding carboxylic acids is 1. The first-order valence-electron chi connectivity index (χ1n) is 9.81. The lowest BCUT2D eigenvalue weighted by atomic mass is 10.1. The van der Waals surface area contributed by atoms with E-state index in [4.69, 9.17) is 0 Å². The Labute approximate surface area is 166 Å². The lowest BCUT2D eigenvalue weighted by Crippen LogP contribution is -2.30. The number of carbonyl (C=O) groups is 1. The van der Waals surface area contributed by atoms with Gasteiger partial charge < -0.3 is 10.2 Å². The molecule has 0 radical (unpaired) electrons. The molecule has 0 atom stereocenters. The largest absolute Gasteiger partial charge is 0.370 e. The number of nitrogens with zero attached hydrogens (tertiary/aromatic N) is 1. The van der Waals surface area contributed by atoms with Crippen molar-refractivity contribution in [2.75, 3.05) is 23.3 Å². The van der Waals surface area contributed by atoms with Gasteiger partial charge in [-0.1, -0.05) is 12.1 Å². The van der Waals surface area contributed by atoms with Crippen molar-refractivity contribution in [3.8, 4) is 0 Å².